The molecule has 0 aliphatic heterocycles. The molecule has 4 nitrogen and oxygen atoms in total. The SMILES string of the molecule is CCNc1cncc(-n2nc(C)c(CC)c2C)c1. The molecule has 0 fully saturated rings. The van der Waals surface area contributed by atoms with Crippen LogP contribution in [0.15, 0.2) is 18.5 Å². The molecular formula is C14H20N4. The van der Waals surface area contributed by atoms with E-state index in [1.807, 2.05) is 17.1 Å². The minimum absolute atomic E-state index is 0.891. The standard InChI is InChI=1S/C14H20N4/c1-5-14-10(3)17-18(11(14)4)13-7-12(16-6-2)8-15-9-13/h7-9,16H,5-6H2,1-4H3. The number of nitrogens with zero attached hydrogens (tertiary/aromatic N) is 3. The van der Waals surface area contributed by atoms with Gasteiger partial charge in [-0.3, -0.25) is 4.98 Å². The zero-order chi connectivity index (χ0) is 13.1. The Balaban J connectivity index is 2.45. The van der Waals surface area contributed by atoms with Crippen LogP contribution >= 0.6 is 0 Å². The van der Waals surface area contributed by atoms with E-state index in [-0.39, 0.29) is 0 Å². The van der Waals surface area contributed by atoms with Crippen molar-refractivity contribution in [3.63, 3.8) is 0 Å². The number of nitrogens with one attached hydrogen (secondary N) is 1. The predicted octanol–water partition coefficient (Wildman–Crippen LogP) is 2.88. The van der Waals surface area contributed by atoms with E-state index >= 15 is 0 Å². The number of aromatic nitrogens is 3. The molecule has 2 heterocycles. The highest BCUT2D eigenvalue weighted by molar-refractivity contribution is 5.49. The summed E-state index contributed by atoms with van der Waals surface area (Å²) in [5.41, 5.74) is 5.66. The van der Waals surface area contributed by atoms with Gasteiger partial charge in [-0.25, -0.2) is 4.68 Å². The highest BCUT2D eigenvalue weighted by atomic mass is 15.3. The third-order valence-electron chi connectivity index (χ3n) is 3.14. The molecule has 0 aliphatic carbocycles. The third kappa shape index (κ3) is 2.23. The molecular weight excluding hydrogens is 224 g/mol. The van der Waals surface area contributed by atoms with Gasteiger partial charge in [0.1, 0.15) is 0 Å². The molecule has 0 spiro atoms. The van der Waals surface area contributed by atoms with Crippen molar-refractivity contribution in [1.29, 1.82) is 0 Å². The maximum Gasteiger partial charge on any atom is 0.0852 e. The molecule has 2 aromatic heterocycles. The number of rotatable bonds is 4. The summed E-state index contributed by atoms with van der Waals surface area (Å²) in [4.78, 5) is 4.26. The Morgan fingerprint density at radius 3 is 2.61 bits per heavy atom. The van der Waals surface area contributed by atoms with E-state index in [1.54, 1.807) is 0 Å². The van der Waals surface area contributed by atoms with E-state index in [0.717, 1.165) is 30.0 Å². The fourth-order valence-corrected chi connectivity index (χ4v) is 2.28. The molecule has 0 amide bonds. The zero-order valence-electron chi connectivity index (χ0n) is 11.5. The highest BCUT2D eigenvalue weighted by Gasteiger charge is 2.11. The zero-order valence-corrected chi connectivity index (χ0v) is 11.5. The van der Waals surface area contributed by atoms with Crippen LogP contribution < -0.4 is 5.32 Å². The van der Waals surface area contributed by atoms with Gasteiger partial charge in [0.2, 0.25) is 0 Å². The van der Waals surface area contributed by atoms with Crippen LogP contribution in [0.5, 0.6) is 0 Å². The van der Waals surface area contributed by atoms with Crippen LogP contribution in [-0.4, -0.2) is 21.3 Å². The van der Waals surface area contributed by atoms with Crippen LogP contribution in [0.25, 0.3) is 5.69 Å². The lowest BCUT2D eigenvalue weighted by Crippen LogP contribution is -2.03. The average molecular weight is 244 g/mol. The summed E-state index contributed by atoms with van der Waals surface area (Å²) in [6.45, 7) is 9.30. The smallest absolute Gasteiger partial charge is 0.0852 e. The van der Waals surface area contributed by atoms with Gasteiger partial charge in [0.05, 0.1) is 29.5 Å². The van der Waals surface area contributed by atoms with Crippen LogP contribution in [-0.2, 0) is 6.42 Å². The van der Waals surface area contributed by atoms with Crippen molar-refractivity contribution in [2.75, 3.05) is 11.9 Å². The molecule has 2 rings (SSSR count). The van der Waals surface area contributed by atoms with Gasteiger partial charge in [-0.1, -0.05) is 6.92 Å². The van der Waals surface area contributed by atoms with Crippen LogP contribution in [0.3, 0.4) is 0 Å². The Hall–Kier alpha value is -1.84. The molecule has 0 atom stereocenters. The first-order chi connectivity index (χ1) is 8.67. The number of hydrogen-bond acceptors (Lipinski definition) is 3. The summed E-state index contributed by atoms with van der Waals surface area (Å²) in [7, 11) is 0. The molecule has 1 N–H and O–H groups in total. The summed E-state index contributed by atoms with van der Waals surface area (Å²) < 4.78 is 1.97. The Morgan fingerprint density at radius 2 is 2.00 bits per heavy atom. The lowest BCUT2D eigenvalue weighted by molar-refractivity contribution is 0.827. The summed E-state index contributed by atoms with van der Waals surface area (Å²) in [5, 5.41) is 7.87. The van der Waals surface area contributed by atoms with Gasteiger partial charge in [-0.2, -0.15) is 5.10 Å². The largest absolute Gasteiger partial charge is 0.384 e. The van der Waals surface area contributed by atoms with E-state index in [2.05, 4.69) is 49.2 Å². The predicted molar refractivity (Wildman–Crippen MR) is 74.4 cm³/mol. The Kier molecular flexibility index (Phi) is 3.65. The van der Waals surface area contributed by atoms with Crippen molar-refractivity contribution in [2.45, 2.75) is 34.1 Å². The maximum absolute atomic E-state index is 4.60. The molecule has 0 unspecified atom stereocenters. The van der Waals surface area contributed by atoms with Crippen molar-refractivity contribution in [3.05, 3.63) is 35.4 Å². The molecule has 2 aromatic rings. The number of aryl methyl sites for hydroxylation is 1. The first kappa shape index (κ1) is 12.6. The second-order valence-corrected chi connectivity index (χ2v) is 4.38. The number of hydrogen-bond donors (Lipinski definition) is 1. The lowest BCUT2D eigenvalue weighted by atomic mass is 10.1. The fourth-order valence-electron chi connectivity index (χ4n) is 2.28. The van der Waals surface area contributed by atoms with Crippen molar-refractivity contribution in [2.24, 2.45) is 0 Å². The molecule has 96 valence electrons. The molecule has 4 heteroatoms. The molecule has 0 bridgehead atoms. The van der Waals surface area contributed by atoms with Crippen molar-refractivity contribution >= 4 is 5.69 Å². The monoisotopic (exact) mass is 244 g/mol. The van der Waals surface area contributed by atoms with E-state index in [9.17, 15) is 0 Å². The average Bonchev–Trinajstić information content (AvgIpc) is 2.65. The normalized spacial score (nSPS) is 10.7. The van der Waals surface area contributed by atoms with Gasteiger partial charge in [-0.15, -0.1) is 0 Å². The Labute approximate surface area is 108 Å². The van der Waals surface area contributed by atoms with Gasteiger partial charge in [0.25, 0.3) is 0 Å². The van der Waals surface area contributed by atoms with E-state index < -0.39 is 0 Å². The highest BCUT2D eigenvalue weighted by Crippen LogP contribution is 2.19. The third-order valence-corrected chi connectivity index (χ3v) is 3.14. The lowest BCUT2D eigenvalue weighted by Gasteiger charge is -2.07. The summed E-state index contributed by atoms with van der Waals surface area (Å²) in [6.07, 6.45) is 4.69. The van der Waals surface area contributed by atoms with E-state index in [4.69, 9.17) is 0 Å². The van der Waals surface area contributed by atoms with Gasteiger partial charge < -0.3 is 5.32 Å². The van der Waals surface area contributed by atoms with E-state index in [0.29, 0.717) is 0 Å². The van der Waals surface area contributed by atoms with Crippen LogP contribution in [0.1, 0.15) is 30.8 Å². The van der Waals surface area contributed by atoms with Crippen LogP contribution in [0, 0.1) is 13.8 Å². The van der Waals surface area contributed by atoms with Gasteiger partial charge in [-0.05, 0) is 38.8 Å². The maximum atomic E-state index is 4.60. The minimum atomic E-state index is 0.891. The van der Waals surface area contributed by atoms with Gasteiger partial charge >= 0.3 is 0 Å². The second kappa shape index (κ2) is 5.21. The summed E-state index contributed by atoms with van der Waals surface area (Å²) >= 11 is 0. The second-order valence-electron chi connectivity index (χ2n) is 4.38. The molecule has 0 radical (unpaired) electrons. The first-order valence-corrected chi connectivity index (χ1v) is 6.41. The van der Waals surface area contributed by atoms with Crippen LogP contribution in [0.4, 0.5) is 5.69 Å². The van der Waals surface area contributed by atoms with Gasteiger partial charge in [0.15, 0.2) is 0 Å². The quantitative estimate of drug-likeness (QED) is 0.899. The Morgan fingerprint density at radius 1 is 1.22 bits per heavy atom. The van der Waals surface area contributed by atoms with Crippen molar-refractivity contribution in [1.82, 2.24) is 14.8 Å². The molecule has 0 saturated carbocycles. The summed E-state index contributed by atoms with van der Waals surface area (Å²) in [5.74, 6) is 0. The van der Waals surface area contributed by atoms with Crippen LogP contribution in [0.2, 0.25) is 0 Å². The summed E-state index contributed by atoms with van der Waals surface area (Å²) in [6, 6.07) is 2.08. The fraction of sp³-hybridized carbons (Fsp3) is 0.429. The first-order valence-electron chi connectivity index (χ1n) is 6.41. The molecule has 0 aliphatic rings. The van der Waals surface area contributed by atoms with Crippen molar-refractivity contribution in [3.8, 4) is 5.69 Å². The topological polar surface area (TPSA) is 42.7 Å². The number of pyridine rings is 1. The molecule has 0 aromatic carbocycles. The number of anilines is 1. The van der Waals surface area contributed by atoms with Crippen molar-refractivity contribution < 1.29 is 0 Å². The minimum Gasteiger partial charge on any atom is -0.384 e. The van der Waals surface area contributed by atoms with E-state index in [1.165, 1.54) is 11.3 Å². The van der Waals surface area contributed by atoms with Gasteiger partial charge in [0, 0.05) is 12.2 Å². The Bertz CT molecular complexity index is 543. The molecule has 18 heavy (non-hydrogen) atoms. The molecule has 0 saturated heterocycles.